The number of rotatable bonds is 3. The van der Waals surface area contributed by atoms with Crippen molar-refractivity contribution in [3.8, 4) is 0 Å². The van der Waals surface area contributed by atoms with Gasteiger partial charge in [-0.25, -0.2) is 4.98 Å². The highest BCUT2D eigenvalue weighted by molar-refractivity contribution is 8.22. The molecule has 0 aliphatic carbocycles. The second kappa shape index (κ2) is 5.24. The summed E-state index contributed by atoms with van der Waals surface area (Å²) in [6.45, 7) is 6.09. The van der Waals surface area contributed by atoms with Gasteiger partial charge in [0.2, 0.25) is 0 Å². The minimum Gasteiger partial charge on any atom is -0.358 e. The predicted octanol–water partition coefficient (Wildman–Crippen LogP) is 2.13. The summed E-state index contributed by atoms with van der Waals surface area (Å²) in [4.78, 5) is 9.24. The first-order chi connectivity index (χ1) is 6.27. The van der Waals surface area contributed by atoms with Crippen LogP contribution < -0.4 is 0 Å². The number of hydrogen-bond donors (Lipinski definition) is 1. The lowest BCUT2D eigenvalue weighted by molar-refractivity contribution is 0.482. The molecule has 1 N–H and O–H groups in total. The standard InChI is InChI=1S/C8H13N3S2/c1-3-11(4-2)8(12)13-7-9-5-6-10-7/h5-6H,3-4H2,1-2H3,(H,9,10). The molecule has 0 saturated carbocycles. The van der Waals surface area contributed by atoms with Crippen molar-refractivity contribution in [3.05, 3.63) is 12.4 Å². The number of aromatic nitrogens is 2. The Kier molecular flexibility index (Phi) is 4.24. The van der Waals surface area contributed by atoms with Crippen LogP contribution in [0.5, 0.6) is 0 Å². The lowest BCUT2D eigenvalue weighted by Crippen LogP contribution is -2.26. The van der Waals surface area contributed by atoms with E-state index in [0.717, 1.165) is 22.6 Å². The maximum absolute atomic E-state index is 5.25. The van der Waals surface area contributed by atoms with Crippen LogP contribution in [0, 0.1) is 0 Å². The second-order valence-electron chi connectivity index (χ2n) is 2.43. The van der Waals surface area contributed by atoms with Gasteiger partial charge in [0, 0.05) is 25.5 Å². The zero-order chi connectivity index (χ0) is 9.68. The van der Waals surface area contributed by atoms with Crippen LogP contribution in [0.3, 0.4) is 0 Å². The zero-order valence-electron chi connectivity index (χ0n) is 7.78. The van der Waals surface area contributed by atoms with Gasteiger partial charge in [0.05, 0.1) is 0 Å². The van der Waals surface area contributed by atoms with Crippen molar-refractivity contribution in [3.63, 3.8) is 0 Å². The Hall–Kier alpha value is -0.550. The molecule has 0 aromatic carbocycles. The van der Waals surface area contributed by atoms with Gasteiger partial charge in [0.15, 0.2) is 5.16 Å². The van der Waals surface area contributed by atoms with Gasteiger partial charge >= 0.3 is 0 Å². The van der Waals surface area contributed by atoms with E-state index in [1.54, 1.807) is 12.4 Å². The molecule has 0 fully saturated rings. The maximum atomic E-state index is 5.25. The summed E-state index contributed by atoms with van der Waals surface area (Å²) in [6, 6.07) is 0. The smallest absolute Gasteiger partial charge is 0.172 e. The van der Waals surface area contributed by atoms with Crippen LogP contribution in [-0.2, 0) is 0 Å². The van der Waals surface area contributed by atoms with Crippen molar-refractivity contribution < 1.29 is 0 Å². The number of imidazole rings is 1. The molecular weight excluding hydrogens is 202 g/mol. The SMILES string of the molecule is CCN(CC)C(=S)Sc1ncc[nH]1. The van der Waals surface area contributed by atoms with Crippen molar-refractivity contribution in [2.45, 2.75) is 19.0 Å². The third-order valence-corrected chi connectivity index (χ3v) is 3.04. The van der Waals surface area contributed by atoms with E-state index in [2.05, 4.69) is 28.7 Å². The molecule has 1 rings (SSSR count). The summed E-state index contributed by atoms with van der Waals surface area (Å²) in [5, 5.41) is 0.858. The van der Waals surface area contributed by atoms with E-state index in [1.807, 2.05) is 0 Å². The molecule has 0 bridgehead atoms. The van der Waals surface area contributed by atoms with Gasteiger partial charge in [-0.15, -0.1) is 0 Å². The molecule has 0 amide bonds. The van der Waals surface area contributed by atoms with Gasteiger partial charge in [-0.3, -0.25) is 0 Å². The third kappa shape index (κ3) is 3.00. The Labute approximate surface area is 87.9 Å². The van der Waals surface area contributed by atoms with Crippen LogP contribution in [0.1, 0.15) is 13.8 Å². The zero-order valence-corrected chi connectivity index (χ0v) is 9.41. The molecule has 0 radical (unpaired) electrons. The van der Waals surface area contributed by atoms with Gasteiger partial charge < -0.3 is 9.88 Å². The fourth-order valence-corrected chi connectivity index (χ4v) is 2.22. The Morgan fingerprint density at radius 3 is 2.77 bits per heavy atom. The van der Waals surface area contributed by atoms with E-state index >= 15 is 0 Å². The van der Waals surface area contributed by atoms with Crippen LogP contribution in [0.2, 0.25) is 0 Å². The van der Waals surface area contributed by atoms with E-state index < -0.39 is 0 Å². The fraction of sp³-hybridized carbons (Fsp3) is 0.500. The quantitative estimate of drug-likeness (QED) is 0.618. The highest BCUT2D eigenvalue weighted by Crippen LogP contribution is 2.16. The van der Waals surface area contributed by atoms with Gasteiger partial charge in [-0.05, 0) is 25.6 Å². The van der Waals surface area contributed by atoms with Crippen LogP contribution in [0.25, 0.3) is 0 Å². The summed E-state index contributed by atoms with van der Waals surface area (Å²) < 4.78 is 0.875. The monoisotopic (exact) mass is 215 g/mol. The molecule has 72 valence electrons. The van der Waals surface area contributed by atoms with E-state index in [4.69, 9.17) is 12.2 Å². The number of nitrogens with one attached hydrogen (secondary N) is 1. The maximum Gasteiger partial charge on any atom is 0.172 e. The molecule has 0 spiro atoms. The van der Waals surface area contributed by atoms with Crippen molar-refractivity contribution in [1.29, 1.82) is 0 Å². The van der Waals surface area contributed by atoms with Gasteiger partial charge in [0.1, 0.15) is 4.32 Å². The first-order valence-corrected chi connectivity index (χ1v) is 5.46. The molecular formula is C8H13N3S2. The summed E-state index contributed by atoms with van der Waals surface area (Å²) in [5.74, 6) is 0. The average Bonchev–Trinajstić information content (AvgIpc) is 2.59. The summed E-state index contributed by atoms with van der Waals surface area (Å²) >= 11 is 6.75. The highest BCUT2D eigenvalue weighted by atomic mass is 32.2. The minimum absolute atomic E-state index is 0.858. The topological polar surface area (TPSA) is 31.9 Å². The lowest BCUT2D eigenvalue weighted by atomic mass is 10.6. The van der Waals surface area contributed by atoms with Crippen molar-refractivity contribution >= 4 is 28.3 Å². The van der Waals surface area contributed by atoms with E-state index in [9.17, 15) is 0 Å². The largest absolute Gasteiger partial charge is 0.358 e. The molecule has 3 nitrogen and oxygen atoms in total. The first kappa shape index (κ1) is 10.5. The Balaban J connectivity index is 2.49. The number of H-pyrrole nitrogens is 1. The predicted molar refractivity (Wildman–Crippen MR) is 60.0 cm³/mol. The first-order valence-electron chi connectivity index (χ1n) is 4.24. The Morgan fingerprint density at radius 1 is 1.62 bits per heavy atom. The van der Waals surface area contributed by atoms with Crippen LogP contribution in [0.15, 0.2) is 17.6 Å². The summed E-state index contributed by atoms with van der Waals surface area (Å²) in [7, 11) is 0. The highest BCUT2D eigenvalue weighted by Gasteiger charge is 2.07. The second-order valence-corrected chi connectivity index (χ2v) is 4.06. The molecule has 1 aromatic heterocycles. The molecule has 0 unspecified atom stereocenters. The molecule has 1 aromatic rings. The lowest BCUT2D eigenvalue weighted by Gasteiger charge is -2.19. The summed E-state index contributed by atoms with van der Waals surface area (Å²) in [5.41, 5.74) is 0. The van der Waals surface area contributed by atoms with Crippen LogP contribution in [0.4, 0.5) is 0 Å². The molecule has 0 aliphatic heterocycles. The number of thiocarbonyl (C=S) groups is 1. The Bertz CT molecular complexity index is 254. The molecule has 0 aliphatic rings. The van der Waals surface area contributed by atoms with E-state index in [1.165, 1.54) is 11.8 Å². The number of nitrogens with zero attached hydrogens (tertiary/aromatic N) is 2. The summed E-state index contributed by atoms with van der Waals surface area (Å²) in [6.07, 6.45) is 3.53. The minimum atomic E-state index is 0.858. The van der Waals surface area contributed by atoms with Crippen molar-refractivity contribution in [1.82, 2.24) is 14.9 Å². The van der Waals surface area contributed by atoms with Gasteiger partial charge in [-0.1, -0.05) is 12.2 Å². The van der Waals surface area contributed by atoms with Crippen molar-refractivity contribution in [2.24, 2.45) is 0 Å². The fourth-order valence-electron chi connectivity index (χ4n) is 0.936. The number of aromatic amines is 1. The van der Waals surface area contributed by atoms with Gasteiger partial charge in [-0.2, -0.15) is 0 Å². The number of thioether (sulfide) groups is 1. The molecule has 1 heterocycles. The van der Waals surface area contributed by atoms with E-state index in [0.29, 0.717) is 0 Å². The number of hydrogen-bond acceptors (Lipinski definition) is 3. The van der Waals surface area contributed by atoms with Crippen LogP contribution >= 0.6 is 24.0 Å². The average molecular weight is 215 g/mol. The van der Waals surface area contributed by atoms with E-state index in [-0.39, 0.29) is 0 Å². The molecule has 5 heteroatoms. The van der Waals surface area contributed by atoms with Crippen molar-refractivity contribution in [2.75, 3.05) is 13.1 Å². The third-order valence-electron chi connectivity index (χ3n) is 1.68. The molecule has 0 atom stereocenters. The molecule has 0 saturated heterocycles. The van der Waals surface area contributed by atoms with Crippen LogP contribution in [-0.4, -0.2) is 32.3 Å². The van der Waals surface area contributed by atoms with Gasteiger partial charge in [0.25, 0.3) is 0 Å². The molecule has 13 heavy (non-hydrogen) atoms. The normalized spacial score (nSPS) is 10.0. The Morgan fingerprint density at radius 2 is 2.31 bits per heavy atom.